The van der Waals surface area contributed by atoms with E-state index in [9.17, 15) is 14.9 Å². The van der Waals surface area contributed by atoms with Crippen molar-refractivity contribution in [2.45, 2.75) is 27.3 Å². The van der Waals surface area contributed by atoms with Gasteiger partial charge in [0.05, 0.1) is 12.1 Å². The van der Waals surface area contributed by atoms with Gasteiger partial charge in [-0.25, -0.2) is 0 Å². The number of carbonyl (C=O) groups is 1. The van der Waals surface area contributed by atoms with Crippen LogP contribution in [0, 0.1) is 16.7 Å². The molecule has 0 radical (unpaired) electrons. The van der Waals surface area contributed by atoms with Crippen LogP contribution in [0.5, 0.6) is 0 Å². The molecular weight excluding hydrogens is 252 g/mol. The molecule has 0 spiro atoms. The van der Waals surface area contributed by atoms with E-state index in [2.05, 4.69) is 6.07 Å². The molecule has 2 rings (SSSR count). The lowest BCUT2D eigenvalue weighted by atomic mass is 9.91. The molecule has 1 aromatic heterocycles. The van der Waals surface area contributed by atoms with Crippen LogP contribution in [0.25, 0.3) is 10.8 Å². The lowest BCUT2D eigenvalue weighted by Crippen LogP contribution is -2.30. The van der Waals surface area contributed by atoms with Crippen LogP contribution in [-0.2, 0) is 11.3 Å². The van der Waals surface area contributed by atoms with Gasteiger partial charge >= 0.3 is 0 Å². The first kappa shape index (κ1) is 14.0. The molecule has 2 aromatic rings. The predicted molar refractivity (Wildman–Crippen MR) is 77.4 cm³/mol. The summed E-state index contributed by atoms with van der Waals surface area (Å²) in [4.78, 5) is 24.4. The highest BCUT2D eigenvalue weighted by Crippen LogP contribution is 2.17. The molecule has 0 unspecified atom stereocenters. The maximum atomic E-state index is 12.4. The van der Waals surface area contributed by atoms with E-state index >= 15 is 0 Å². The Morgan fingerprint density at radius 2 is 1.85 bits per heavy atom. The number of aromatic nitrogens is 1. The van der Waals surface area contributed by atoms with Crippen molar-refractivity contribution in [1.82, 2.24) is 4.57 Å². The number of pyridine rings is 1. The molecule has 0 aliphatic rings. The number of ketones is 1. The van der Waals surface area contributed by atoms with Crippen LogP contribution in [0.15, 0.2) is 35.3 Å². The molecular formula is C16H16N2O2. The summed E-state index contributed by atoms with van der Waals surface area (Å²) in [5.41, 5.74) is -0.350. The smallest absolute Gasteiger partial charge is 0.258 e. The number of nitrogens with zero attached hydrogens (tertiary/aromatic N) is 2. The van der Waals surface area contributed by atoms with Gasteiger partial charge in [-0.05, 0) is 6.07 Å². The third-order valence-corrected chi connectivity index (χ3v) is 3.26. The molecule has 4 nitrogen and oxygen atoms in total. The summed E-state index contributed by atoms with van der Waals surface area (Å²) in [7, 11) is 0. The maximum Gasteiger partial charge on any atom is 0.258 e. The zero-order chi connectivity index (χ0) is 14.9. The van der Waals surface area contributed by atoms with Crippen LogP contribution in [-0.4, -0.2) is 10.4 Å². The fraction of sp³-hybridized carbons (Fsp3) is 0.312. The summed E-state index contributed by atoms with van der Waals surface area (Å²) in [5, 5.41) is 10.3. The Morgan fingerprint density at radius 1 is 1.25 bits per heavy atom. The molecule has 0 aliphatic heterocycles. The summed E-state index contributed by atoms with van der Waals surface area (Å²) in [6.45, 7) is 5.42. The van der Waals surface area contributed by atoms with Gasteiger partial charge in [-0.15, -0.1) is 0 Å². The number of hydrogen-bond donors (Lipinski definition) is 0. The van der Waals surface area contributed by atoms with Gasteiger partial charge in [-0.2, -0.15) is 5.26 Å². The van der Waals surface area contributed by atoms with E-state index in [4.69, 9.17) is 0 Å². The highest BCUT2D eigenvalue weighted by atomic mass is 16.1. The van der Waals surface area contributed by atoms with Crippen LogP contribution in [0.1, 0.15) is 26.3 Å². The maximum absolute atomic E-state index is 12.4. The average Bonchev–Trinajstić information content (AvgIpc) is 2.41. The van der Waals surface area contributed by atoms with Crippen molar-refractivity contribution in [1.29, 1.82) is 5.26 Å². The Morgan fingerprint density at radius 3 is 2.40 bits per heavy atom. The van der Waals surface area contributed by atoms with Crippen molar-refractivity contribution in [3.8, 4) is 6.07 Å². The van der Waals surface area contributed by atoms with Gasteiger partial charge in [-0.1, -0.05) is 39.0 Å². The Bertz CT molecular complexity index is 774. The first-order chi connectivity index (χ1) is 9.34. The molecule has 0 bridgehead atoms. The van der Waals surface area contributed by atoms with Gasteiger partial charge < -0.3 is 4.57 Å². The summed E-state index contributed by atoms with van der Waals surface area (Å²) in [6, 6.07) is 9.03. The Balaban J connectivity index is 2.62. The van der Waals surface area contributed by atoms with Gasteiger partial charge in [-0.3, -0.25) is 9.59 Å². The molecule has 0 N–H and O–H groups in total. The van der Waals surface area contributed by atoms with E-state index in [-0.39, 0.29) is 17.9 Å². The molecule has 102 valence electrons. The summed E-state index contributed by atoms with van der Waals surface area (Å²) < 4.78 is 1.33. The van der Waals surface area contributed by atoms with E-state index in [1.54, 1.807) is 24.3 Å². The average molecular weight is 268 g/mol. The molecule has 0 saturated carbocycles. The molecule has 20 heavy (non-hydrogen) atoms. The van der Waals surface area contributed by atoms with Gasteiger partial charge in [0.1, 0.15) is 6.07 Å². The van der Waals surface area contributed by atoms with E-state index in [0.717, 1.165) is 0 Å². The molecule has 1 heterocycles. The van der Waals surface area contributed by atoms with Gasteiger partial charge in [0.2, 0.25) is 0 Å². The number of hydrogen-bond acceptors (Lipinski definition) is 3. The van der Waals surface area contributed by atoms with Crippen molar-refractivity contribution in [2.75, 3.05) is 0 Å². The minimum absolute atomic E-state index is 0.0121. The van der Waals surface area contributed by atoms with Crippen LogP contribution < -0.4 is 5.56 Å². The largest absolute Gasteiger partial charge is 0.306 e. The normalized spacial score (nSPS) is 11.3. The molecule has 0 saturated heterocycles. The Hall–Kier alpha value is -2.41. The van der Waals surface area contributed by atoms with Crippen LogP contribution in [0.2, 0.25) is 0 Å². The standard InChI is InChI=1S/C16H16N2O2/c1-16(2,3)14(19)10-18-9-11(8-17)12-6-4-5-7-13(12)15(18)20/h4-7,9H,10H2,1-3H3. The molecule has 0 amide bonds. The Kier molecular flexibility index (Phi) is 3.46. The zero-order valence-electron chi connectivity index (χ0n) is 11.8. The first-order valence-corrected chi connectivity index (χ1v) is 6.40. The van der Waals surface area contributed by atoms with E-state index in [1.165, 1.54) is 10.8 Å². The van der Waals surface area contributed by atoms with Gasteiger partial charge in [0.15, 0.2) is 5.78 Å². The summed E-state index contributed by atoms with van der Waals surface area (Å²) >= 11 is 0. The SMILES string of the molecule is CC(C)(C)C(=O)Cn1cc(C#N)c2ccccc2c1=O. The van der Waals surface area contributed by atoms with E-state index in [1.807, 2.05) is 20.8 Å². The minimum Gasteiger partial charge on any atom is -0.306 e. The first-order valence-electron chi connectivity index (χ1n) is 6.40. The molecule has 0 fully saturated rings. The fourth-order valence-electron chi connectivity index (χ4n) is 1.94. The number of nitriles is 1. The molecule has 4 heteroatoms. The van der Waals surface area contributed by atoms with Crippen LogP contribution in [0.3, 0.4) is 0 Å². The number of rotatable bonds is 2. The second kappa shape index (κ2) is 4.93. The van der Waals surface area contributed by atoms with Crippen LogP contribution >= 0.6 is 0 Å². The summed E-state index contributed by atoms with van der Waals surface area (Å²) in [6.07, 6.45) is 1.47. The number of benzene rings is 1. The highest BCUT2D eigenvalue weighted by Gasteiger charge is 2.22. The third-order valence-electron chi connectivity index (χ3n) is 3.26. The quantitative estimate of drug-likeness (QED) is 0.840. The van der Waals surface area contributed by atoms with Crippen molar-refractivity contribution in [2.24, 2.45) is 5.41 Å². The molecule has 0 aliphatic carbocycles. The monoisotopic (exact) mass is 268 g/mol. The van der Waals surface area contributed by atoms with Crippen LogP contribution in [0.4, 0.5) is 0 Å². The second-order valence-electron chi connectivity index (χ2n) is 5.81. The number of fused-ring (bicyclic) bond motifs is 1. The van der Waals surface area contributed by atoms with Crippen molar-refractivity contribution < 1.29 is 4.79 Å². The lowest BCUT2D eigenvalue weighted by Gasteiger charge is -2.17. The minimum atomic E-state index is -0.516. The third kappa shape index (κ3) is 2.48. The van der Waals surface area contributed by atoms with E-state index < -0.39 is 5.41 Å². The predicted octanol–water partition coefficient (Wildman–Crippen LogP) is 2.49. The highest BCUT2D eigenvalue weighted by molar-refractivity contribution is 5.88. The van der Waals surface area contributed by atoms with E-state index in [0.29, 0.717) is 16.3 Å². The summed E-state index contributed by atoms with van der Waals surface area (Å²) in [5.74, 6) is -0.0428. The van der Waals surface area contributed by atoms with Gasteiger partial charge in [0.25, 0.3) is 5.56 Å². The molecule has 1 aromatic carbocycles. The Labute approximate surface area is 117 Å². The lowest BCUT2D eigenvalue weighted by molar-refractivity contribution is -0.126. The van der Waals surface area contributed by atoms with Gasteiger partial charge in [0, 0.05) is 22.4 Å². The number of Topliss-reactive ketones (excluding diaryl/α,β-unsaturated/α-hetero) is 1. The van der Waals surface area contributed by atoms with Crippen molar-refractivity contribution in [3.63, 3.8) is 0 Å². The van der Waals surface area contributed by atoms with Crippen molar-refractivity contribution >= 4 is 16.6 Å². The topological polar surface area (TPSA) is 62.9 Å². The second-order valence-corrected chi connectivity index (χ2v) is 5.81. The zero-order valence-corrected chi connectivity index (χ0v) is 11.8. The number of carbonyl (C=O) groups excluding carboxylic acids is 1. The fourth-order valence-corrected chi connectivity index (χ4v) is 1.94. The molecule has 0 atom stereocenters. The van der Waals surface area contributed by atoms with Crippen molar-refractivity contribution in [3.05, 3.63) is 46.4 Å².